The Morgan fingerprint density at radius 2 is 1.93 bits per heavy atom. The smallest absolute Gasteiger partial charge is 0.253 e. The third-order valence-corrected chi connectivity index (χ3v) is 2.92. The van der Waals surface area contributed by atoms with E-state index < -0.39 is 5.85 Å². The third kappa shape index (κ3) is 1.68. The summed E-state index contributed by atoms with van der Waals surface area (Å²) in [6.07, 6.45) is 0. The molecule has 2 aliphatic rings. The van der Waals surface area contributed by atoms with Crippen molar-refractivity contribution in [1.82, 2.24) is 9.91 Å². The highest BCUT2D eigenvalue weighted by molar-refractivity contribution is 5.84. The molecule has 6 nitrogen and oxygen atoms in total. The van der Waals surface area contributed by atoms with Crippen molar-refractivity contribution in [2.45, 2.75) is 12.8 Å². The first kappa shape index (κ1) is 11.0. The number of nitrogens with zero attached hydrogens (tertiary/aromatic N) is 2. The first-order valence-corrected chi connectivity index (χ1v) is 5.18. The minimum Gasteiger partial charge on any atom is -0.379 e. The number of morpholine rings is 1. The van der Waals surface area contributed by atoms with Crippen LogP contribution < -0.4 is 5.84 Å². The van der Waals surface area contributed by atoms with Crippen molar-refractivity contribution in [3.8, 4) is 0 Å². The Morgan fingerprint density at radius 3 is 2.40 bits per heavy atom. The van der Waals surface area contributed by atoms with Gasteiger partial charge < -0.3 is 9.47 Å². The Morgan fingerprint density at radius 1 is 1.27 bits per heavy atom. The van der Waals surface area contributed by atoms with E-state index in [2.05, 4.69) is 0 Å². The van der Waals surface area contributed by atoms with Gasteiger partial charge in [0.15, 0.2) is 5.78 Å². The molecule has 86 valence electrons. The lowest BCUT2D eigenvalue weighted by atomic mass is 10.2. The van der Waals surface area contributed by atoms with Crippen LogP contribution in [0.5, 0.6) is 0 Å². The number of hydrogen-bond donors (Lipinski definition) is 1. The molecule has 0 amide bonds. The Kier molecular flexibility index (Phi) is 3.03. The van der Waals surface area contributed by atoms with Crippen LogP contribution >= 0.6 is 0 Å². The van der Waals surface area contributed by atoms with Crippen LogP contribution in [0, 0.1) is 0 Å². The van der Waals surface area contributed by atoms with Gasteiger partial charge in [0.25, 0.3) is 5.85 Å². The lowest BCUT2D eigenvalue weighted by Crippen LogP contribution is -2.67. The van der Waals surface area contributed by atoms with Crippen LogP contribution in [0.15, 0.2) is 0 Å². The number of ketones is 1. The molecule has 6 heteroatoms. The molecule has 2 heterocycles. The monoisotopic (exact) mass is 215 g/mol. The molecule has 0 aromatic rings. The third-order valence-electron chi connectivity index (χ3n) is 2.92. The summed E-state index contributed by atoms with van der Waals surface area (Å²) in [5.41, 5.74) is 0. The van der Waals surface area contributed by atoms with Crippen molar-refractivity contribution >= 4 is 5.78 Å². The minimum atomic E-state index is -1.05. The van der Waals surface area contributed by atoms with Crippen molar-refractivity contribution in [3.63, 3.8) is 0 Å². The van der Waals surface area contributed by atoms with E-state index in [0.717, 1.165) is 0 Å². The number of ether oxygens (including phenoxy) is 2. The van der Waals surface area contributed by atoms with Gasteiger partial charge in [-0.3, -0.25) is 15.5 Å². The molecule has 0 spiro atoms. The summed E-state index contributed by atoms with van der Waals surface area (Å²) in [4.78, 5) is 13.7. The van der Waals surface area contributed by atoms with Crippen molar-refractivity contribution in [1.29, 1.82) is 0 Å². The zero-order valence-corrected chi connectivity index (χ0v) is 8.94. The second kappa shape index (κ2) is 4.15. The summed E-state index contributed by atoms with van der Waals surface area (Å²) in [7, 11) is 0. The van der Waals surface area contributed by atoms with E-state index in [0.29, 0.717) is 39.5 Å². The van der Waals surface area contributed by atoms with Crippen LogP contribution in [0.4, 0.5) is 0 Å². The minimum absolute atomic E-state index is 0.0654. The van der Waals surface area contributed by atoms with Crippen molar-refractivity contribution < 1.29 is 14.3 Å². The second-order valence-corrected chi connectivity index (χ2v) is 3.81. The molecule has 0 bridgehead atoms. The molecular formula is C9H17N3O3. The lowest BCUT2D eigenvalue weighted by Gasteiger charge is -2.43. The fourth-order valence-corrected chi connectivity index (χ4v) is 2.19. The van der Waals surface area contributed by atoms with Gasteiger partial charge in [0.1, 0.15) is 0 Å². The Labute approximate surface area is 88.9 Å². The van der Waals surface area contributed by atoms with Gasteiger partial charge in [-0.25, -0.2) is 0 Å². The van der Waals surface area contributed by atoms with Crippen molar-refractivity contribution in [3.05, 3.63) is 0 Å². The standard InChI is InChI=1S/C9H17N3O3/c1-8(13)9(12(10)4-7-15-9)11-2-5-14-6-3-11/h2-7,10H2,1H3. The molecular weight excluding hydrogens is 198 g/mol. The van der Waals surface area contributed by atoms with E-state index in [1.54, 1.807) is 0 Å². The van der Waals surface area contributed by atoms with E-state index in [4.69, 9.17) is 15.3 Å². The number of Topliss-reactive ketones (excluding diaryl/α,β-unsaturated/α-hetero) is 1. The maximum absolute atomic E-state index is 11.7. The predicted molar refractivity (Wildman–Crippen MR) is 52.6 cm³/mol. The van der Waals surface area contributed by atoms with E-state index in [9.17, 15) is 4.79 Å². The Bertz CT molecular complexity index is 255. The average Bonchev–Trinajstić information content (AvgIpc) is 2.62. The molecule has 0 aromatic carbocycles. The summed E-state index contributed by atoms with van der Waals surface area (Å²) < 4.78 is 10.8. The number of nitrogens with two attached hydrogens (primary N) is 1. The van der Waals surface area contributed by atoms with Crippen LogP contribution in [-0.2, 0) is 14.3 Å². The highest BCUT2D eigenvalue weighted by Crippen LogP contribution is 2.26. The molecule has 1 unspecified atom stereocenters. The maximum Gasteiger partial charge on any atom is 0.253 e. The largest absolute Gasteiger partial charge is 0.379 e. The number of hydrazine groups is 1. The summed E-state index contributed by atoms with van der Waals surface area (Å²) in [6.45, 7) is 5.17. The molecule has 2 aliphatic heterocycles. The van der Waals surface area contributed by atoms with Gasteiger partial charge in [-0.15, -0.1) is 0 Å². The zero-order chi connectivity index (χ0) is 10.9. The van der Waals surface area contributed by atoms with E-state index >= 15 is 0 Å². The molecule has 0 aliphatic carbocycles. The quantitative estimate of drug-likeness (QED) is 0.582. The SMILES string of the molecule is CC(=O)C1(N2CCOCC2)OCCN1N. The van der Waals surface area contributed by atoms with Gasteiger partial charge in [0.05, 0.1) is 19.8 Å². The molecule has 2 N–H and O–H groups in total. The van der Waals surface area contributed by atoms with Crippen LogP contribution in [-0.4, -0.2) is 61.0 Å². The highest BCUT2D eigenvalue weighted by Gasteiger charge is 2.50. The van der Waals surface area contributed by atoms with Gasteiger partial charge in [-0.1, -0.05) is 0 Å². The van der Waals surface area contributed by atoms with E-state index in [1.165, 1.54) is 11.9 Å². The number of carbonyl (C=O) groups is 1. The molecule has 0 aromatic heterocycles. The zero-order valence-electron chi connectivity index (χ0n) is 8.94. The summed E-state index contributed by atoms with van der Waals surface area (Å²) >= 11 is 0. The van der Waals surface area contributed by atoms with E-state index in [1.807, 2.05) is 4.90 Å². The van der Waals surface area contributed by atoms with Gasteiger partial charge in [0, 0.05) is 26.6 Å². The molecule has 0 saturated carbocycles. The first-order chi connectivity index (χ1) is 7.18. The molecule has 2 fully saturated rings. The number of hydrogen-bond acceptors (Lipinski definition) is 6. The number of carbonyl (C=O) groups excluding carboxylic acids is 1. The Hall–Kier alpha value is -0.530. The van der Waals surface area contributed by atoms with Crippen molar-refractivity contribution in [2.75, 3.05) is 39.5 Å². The van der Waals surface area contributed by atoms with Crippen LogP contribution in [0.25, 0.3) is 0 Å². The molecule has 1 atom stereocenters. The van der Waals surface area contributed by atoms with E-state index in [-0.39, 0.29) is 5.78 Å². The molecule has 0 radical (unpaired) electrons. The maximum atomic E-state index is 11.7. The predicted octanol–water partition coefficient (Wildman–Crippen LogP) is -1.23. The van der Waals surface area contributed by atoms with Gasteiger partial charge in [0.2, 0.25) is 0 Å². The fraction of sp³-hybridized carbons (Fsp3) is 0.889. The number of rotatable bonds is 2. The Balaban J connectivity index is 2.21. The lowest BCUT2D eigenvalue weighted by molar-refractivity contribution is -0.211. The van der Waals surface area contributed by atoms with Gasteiger partial charge in [-0.2, -0.15) is 5.01 Å². The summed E-state index contributed by atoms with van der Waals surface area (Å²) in [5.74, 6) is 4.73. The van der Waals surface area contributed by atoms with Gasteiger partial charge >= 0.3 is 0 Å². The summed E-state index contributed by atoms with van der Waals surface area (Å²) in [5, 5.41) is 1.49. The van der Waals surface area contributed by atoms with Crippen LogP contribution in [0.1, 0.15) is 6.92 Å². The molecule has 15 heavy (non-hydrogen) atoms. The first-order valence-electron chi connectivity index (χ1n) is 5.18. The highest BCUT2D eigenvalue weighted by atomic mass is 16.6. The molecule has 2 saturated heterocycles. The average molecular weight is 215 g/mol. The van der Waals surface area contributed by atoms with Crippen LogP contribution in [0.3, 0.4) is 0 Å². The fourth-order valence-electron chi connectivity index (χ4n) is 2.19. The normalized spacial score (nSPS) is 34.5. The second-order valence-electron chi connectivity index (χ2n) is 3.81. The molecule has 2 rings (SSSR count). The van der Waals surface area contributed by atoms with Crippen LogP contribution in [0.2, 0.25) is 0 Å². The summed E-state index contributed by atoms with van der Waals surface area (Å²) in [6, 6.07) is 0. The van der Waals surface area contributed by atoms with Crippen molar-refractivity contribution in [2.24, 2.45) is 5.84 Å². The topological polar surface area (TPSA) is 68.0 Å². The van der Waals surface area contributed by atoms with Gasteiger partial charge in [-0.05, 0) is 0 Å².